The minimum absolute atomic E-state index is 0.0875. The summed E-state index contributed by atoms with van der Waals surface area (Å²) in [7, 11) is 3.92. The van der Waals surface area contributed by atoms with E-state index in [2.05, 4.69) is 11.1 Å². The fourth-order valence-electron chi connectivity index (χ4n) is 4.39. The quantitative estimate of drug-likeness (QED) is 0.276. The van der Waals surface area contributed by atoms with Gasteiger partial charge in [-0.25, -0.2) is 0 Å². The summed E-state index contributed by atoms with van der Waals surface area (Å²) in [6.07, 6.45) is 3.94. The number of nitrogens with zero attached hydrogens (tertiary/aromatic N) is 3. The number of hydrogen-bond acceptors (Lipinski definition) is 6. The minimum Gasteiger partial charge on any atom is -0.507 e. The Morgan fingerprint density at radius 2 is 1.78 bits per heavy atom. The predicted octanol–water partition coefficient (Wildman–Crippen LogP) is 4.34. The van der Waals surface area contributed by atoms with Gasteiger partial charge in [-0.05, 0) is 81.5 Å². The molecule has 2 aromatic carbocycles. The van der Waals surface area contributed by atoms with E-state index < -0.39 is 17.7 Å². The van der Waals surface area contributed by atoms with Crippen molar-refractivity contribution in [2.75, 3.05) is 27.2 Å². The van der Waals surface area contributed by atoms with Crippen LogP contribution in [0.3, 0.4) is 0 Å². The van der Waals surface area contributed by atoms with E-state index in [1.807, 2.05) is 44.1 Å². The van der Waals surface area contributed by atoms with E-state index in [1.165, 1.54) is 5.56 Å². The van der Waals surface area contributed by atoms with Crippen molar-refractivity contribution < 1.29 is 19.4 Å². The van der Waals surface area contributed by atoms with Crippen molar-refractivity contribution in [2.45, 2.75) is 26.0 Å². The Kier molecular flexibility index (Phi) is 7.80. The van der Waals surface area contributed by atoms with Crippen LogP contribution in [0.5, 0.6) is 5.75 Å². The summed E-state index contributed by atoms with van der Waals surface area (Å²) in [6.45, 7) is 3.63. The van der Waals surface area contributed by atoms with Crippen LogP contribution in [-0.4, -0.2) is 58.8 Å². The number of rotatable bonds is 9. The molecule has 0 radical (unpaired) electrons. The average molecular weight is 486 g/mol. The molecule has 1 atom stereocenters. The number of ether oxygens (including phenoxy) is 1. The molecule has 3 aromatic rings. The first kappa shape index (κ1) is 25.1. The first-order valence-electron chi connectivity index (χ1n) is 12.0. The third-order valence-corrected chi connectivity index (χ3v) is 6.18. The predicted molar refractivity (Wildman–Crippen MR) is 138 cm³/mol. The largest absolute Gasteiger partial charge is 0.507 e. The summed E-state index contributed by atoms with van der Waals surface area (Å²) >= 11 is 0. The minimum atomic E-state index is -0.682. The molecule has 1 amide bonds. The van der Waals surface area contributed by atoms with Crippen molar-refractivity contribution in [3.8, 4) is 5.75 Å². The number of pyridine rings is 1. The first-order valence-corrected chi connectivity index (χ1v) is 12.0. The van der Waals surface area contributed by atoms with Gasteiger partial charge in [0.05, 0.1) is 11.6 Å². The molecule has 0 bridgehead atoms. The Bertz CT molecular complexity index is 1250. The van der Waals surface area contributed by atoms with E-state index in [4.69, 9.17) is 4.74 Å². The highest BCUT2D eigenvalue weighted by molar-refractivity contribution is 6.46. The smallest absolute Gasteiger partial charge is 0.295 e. The second-order valence-corrected chi connectivity index (χ2v) is 9.23. The van der Waals surface area contributed by atoms with Gasteiger partial charge < -0.3 is 19.6 Å². The topological polar surface area (TPSA) is 83.0 Å². The van der Waals surface area contributed by atoms with Gasteiger partial charge in [0.25, 0.3) is 11.7 Å². The van der Waals surface area contributed by atoms with Crippen LogP contribution in [0, 0.1) is 6.92 Å². The molecule has 0 unspecified atom stereocenters. The van der Waals surface area contributed by atoms with Gasteiger partial charge in [0.2, 0.25) is 0 Å². The van der Waals surface area contributed by atoms with Gasteiger partial charge in [0.1, 0.15) is 18.1 Å². The summed E-state index contributed by atoms with van der Waals surface area (Å²) < 4.78 is 5.88. The summed E-state index contributed by atoms with van der Waals surface area (Å²) in [5.41, 5.74) is 3.49. The maximum Gasteiger partial charge on any atom is 0.295 e. The molecule has 1 aromatic heterocycles. The summed E-state index contributed by atoms with van der Waals surface area (Å²) in [6, 6.07) is 17.9. The first-order chi connectivity index (χ1) is 17.3. The fourth-order valence-corrected chi connectivity index (χ4v) is 4.39. The van der Waals surface area contributed by atoms with Crippen molar-refractivity contribution in [3.63, 3.8) is 0 Å². The number of aliphatic hydroxyl groups excluding tert-OH is 1. The van der Waals surface area contributed by atoms with E-state index in [9.17, 15) is 14.7 Å². The number of carbonyl (C=O) groups excluding carboxylic acids is 2. The maximum absolute atomic E-state index is 13.1. The molecule has 7 heteroatoms. The molecule has 186 valence electrons. The number of Topliss-reactive ketones (excluding diaryl/α,β-unsaturated/α-hetero) is 1. The van der Waals surface area contributed by atoms with E-state index >= 15 is 0 Å². The van der Waals surface area contributed by atoms with E-state index in [1.54, 1.807) is 53.7 Å². The highest BCUT2D eigenvalue weighted by Gasteiger charge is 2.45. The van der Waals surface area contributed by atoms with Gasteiger partial charge in [-0.2, -0.15) is 0 Å². The Labute approximate surface area is 211 Å². The van der Waals surface area contributed by atoms with E-state index in [-0.39, 0.29) is 11.3 Å². The zero-order valence-electron chi connectivity index (χ0n) is 20.8. The fraction of sp³-hybridized carbons (Fsp3) is 0.276. The second kappa shape index (κ2) is 11.2. The van der Waals surface area contributed by atoms with Gasteiger partial charge in [-0.3, -0.25) is 14.6 Å². The summed E-state index contributed by atoms with van der Waals surface area (Å²) in [5.74, 6) is -0.840. The van der Waals surface area contributed by atoms with Crippen LogP contribution in [0.15, 0.2) is 78.6 Å². The standard InChI is InChI=1S/C29H31N3O4/c1-20-6-4-7-21(18-20)19-36-24-10-8-23(9-11-24)27(33)25-26(22-12-14-30-15-13-22)32(29(35)28(25)34)17-5-16-31(2)3/h4,6-15,18,26,33H,5,16-17,19H2,1-3H3/t26-/m0/s1. The van der Waals surface area contributed by atoms with Gasteiger partial charge in [0, 0.05) is 24.5 Å². The lowest BCUT2D eigenvalue weighted by atomic mass is 9.96. The molecular weight excluding hydrogens is 454 g/mol. The number of hydrogen-bond donors (Lipinski definition) is 1. The number of amides is 1. The SMILES string of the molecule is Cc1cccc(COc2ccc(C(O)=C3C(=O)C(=O)N(CCCN(C)C)[C@H]3c3ccncc3)cc2)c1. The highest BCUT2D eigenvalue weighted by atomic mass is 16.5. The van der Waals surface area contributed by atoms with E-state index in [0.29, 0.717) is 30.9 Å². The van der Waals surface area contributed by atoms with Crippen molar-refractivity contribution in [3.05, 3.63) is 101 Å². The molecule has 1 aliphatic rings. The number of benzene rings is 2. The molecule has 1 N–H and O–H groups in total. The maximum atomic E-state index is 13.1. The molecule has 1 saturated heterocycles. The molecule has 1 aliphatic heterocycles. The van der Waals surface area contributed by atoms with Crippen LogP contribution in [0.25, 0.3) is 5.76 Å². The third-order valence-electron chi connectivity index (χ3n) is 6.18. The number of aromatic nitrogens is 1. The normalized spacial score (nSPS) is 17.1. The molecule has 0 spiro atoms. The van der Waals surface area contributed by atoms with Crippen LogP contribution in [0.1, 0.15) is 34.7 Å². The number of likely N-dealkylation sites (tertiary alicyclic amines) is 1. The molecule has 36 heavy (non-hydrogen) atoms. The van der Waals surface area contributed by atoms with Crippen molar-refractivity contribution >= 4 is 17.4 Å². The zero-order chi connectivity index (χ0) is 25.7. The third kappa shape index (κ3) is 5.63. The number of aryl methyl sites for hydroxylation is 1. The lowest BCUT2D eigenvalue weighted by Gasteiger charge is -2.25. The molecule has 7 nitrogen and oxygen atoms in total. The van der Waals surface area contributed by atoms with Gasteiger partial charge in [0.15, 0.2) is 0 Å². The van der Waals surface area contributed by atoms with Crippen LogP contribution in [-0.2, 0) is 16.2 Å². The Morgan fingerprint density at radius 3 is 2.44 bits per heavy atom. The molecule has 0 aliphatic carbocycles. The van der Waals surface area contributed by atoms with Gasteiger partial charge >= 0.3 is 0 Å². The number of ketones is 1. The van der Waals surface area contributed by atoms with E-state index in [0.717, 1.165) is 17.7 Å². The molecule has 0 saturated carbocycles. The van der Waals surface area contributed by atoms with Crippen LogP contribution in [0.2, 0.25) is 0 Å². The lowest BCUT2D eigenvalue weighted by molar-refractivity contribution is -0.139. The lowest BCUT2D eigenvalue weighted by Crippen LogP contribution is -2.32. The zero-order valence-corrected chi connectivity index (χ0v) is 20.8. The Balaban J connectivity index is 1.60. The average Bonchev–Trinajstić information content (AvgIpc) is 3.13. The monoisotopic (exact) mass is 485 g/mol. The summed E-state index contributed by atoms with van der Waals surface area (Å²) in [5, 5.41) is 11.2. The van der Waals surface area contributed by atoms with Crippen molar-refractivity contribution in [2.24, 2.45) is 0 Å². The highest BCUT2D eigenvalue weighted by Crippen LogP contribution is 2.39. The second-order valence-electron chi connectivity index (χ2n) is 9.23. The van der Waals surface area contributed by atoms with Gasteiger partial charge in [-0.1, -0.05) is 29.8 Å². The van der Waals surface area contributed by atoms with Crippen LogP contribution < -0.4 is 4.74 Å². The van der Waals surface area contributed by atoms with Crippen LogP contribution >= 0.6 is 0 Å². The molecule has 4 rings (SSSR count). The molecule has 2 heterocycles. The van der Waals surface area contributed by atoms with Crippen LogP contribution in [0.4, 0.5) is 0 Å². The Hall–Kier alpha value is -3.97. The van der Waals surface area contributed by atoms with Crippen molar-refractivity contribution in [1.29, 1.82) is 0 Å². The Morgan fingerprint density at radius 1 is 1.06 bits per heavy atom. The molecule has 1 fully saturated rings. The van der Waals surface area contributed by atoms with Crippen molar-refractivity contribution in [1.82, 2.24) is 14.8 Å². The molecular formula is C29H31N3O4. The number of aliphatic hydroxyl groups is 1. The summed E-state index contributed by atoms with van der Waals surface area (Å²) in [4.78, 5) is 33.7. The van der Waals surface area contributed by atoms with Gasteiger partial charge in [-0.15, -0.1) is 0 Å². The number of carbonyl (C=O) groups is 2.